The van der Waals surface area contributed by atoms with Gasteiger partial charge in [0.05, 0.1) is 0 Å². The van der Waals surface area contributed by atoms with Gasteiger partial charge in [-0.3, -0.25) is 0 Å². The van der Waals surface area contributed by atoms with Crippen LogP contribution in [0.1, 0.15) is 29.2 Å². The number of hydrogen-bond acceptors (Lipinski definition) is 1. The Kier molecular flexibility index (Phi) is 1.74. The third kappa shape index (κ3) is 0.978. The zero-order valence-electron chi connectivity index (χ0n) is 7.09. The smallest absolute Gasteiger partial charge is 0.0300 e. The Morgan fingerprint density at radius 3 is 3.08 bits per heavy atom. The molecular formula is C11H13N. The molecule has 0 saturated carbocycles. The fourth-order valence-electron chi connectivity index (χ4n) is 1.91. The number of fused-ring (bicyclic) bond motifs is 1. The molecule has 0 radical (unpaired) electrons. The van der Waals surface area contributed by atoms with Gasteiger partial charge in [-0.25, -0.2) is 0 Å². The van der Waals surface area contributed by atoms with Crippen LogP contribution >= 0.6 is 0 Å². The van der Waals surface area contributed by atoms with Gasteiger partial charge in [0.15, 0.2) is 0 Å². The lowest BCUT2D eigenvalue weighted by Crippen LogP contribution is -2.04. The first-order chi connectivity index (χ1) is 5.83. The van der Waals surface area contributed by atoms with E-state index in [0.29, 0.717) is 0 Å². The van der Waals surface area contributed by atoms with Gasteiger partial charge in [-0.2, -0.15) is 0 Å². The Morgan fingerprint density at radius 2 is 2.33 bits per heavy atom. The van der Waals surface area contributed by atoms with Crippen LogP contribution in [-0.2, 0) is 6.42 Å². The van der Waals surface area contributed by atoms with Gasteiger partial charge in [0, 0.05) is 6.04 Å². The molecule has 0 heterocycles. The Hall–Kier alpha value is -1.08. The molecule has 1 atom stereocenters. The van der Waals surface area contributed by atoms with Gasteiger partial charge in [0.1, 0.15) is 0 Å². The number of hydrogen-bond donors (Lipinski definition) is 1. The lowest BCUT2D eigenvalue weighted by molar-refractivity contribution is 0.713. The maximum absolute atomic E-state index is 5.94. The van der Waals surface area contributed by atoms with E-state index in [1.807, 2.05) is 6.08 Å². The highest BCUT2D eigenvalue weighted by Gasteiger charge is 2.19. The maximum atomic E-state index is 5.94. The quantitative estimate of drug-likeness (QED) is 0.668. The largest absolute Gasteiger partial charge is 0.324 e. The molecule has 1 nitrogen and oxygen atoms in total. The van der Waals surface area contributed by atoms with Crippen molar-refractivity contribution in [3.05, 3.63) is 41.5 Å². The fraction of sp³-hybridized carbons (Fsp3) is 0.273. The van der Waals surface area contributed by atoms with E-state index in [-0.39, 0.29) is 6.04 Å². The molecule has 0 saturated heterocycles. The molecule has 1 aliphatic rings. The Labute approximate surface area is 72.9 Å². The summed E-state index contributed by atoms with van der Waals surface area (Å²) >= 11 is 0. The van der Waals surface area contributed by atoms with Gasteiger partial charge in [-0.1, -0.05) is 30.9 Å². The standard InChI is InChI=1S/C11H13N/c1-2-8-4-3-5-10-9(8)6-7-11(10)12/h2-5,11H,1,6-7,12H2. The molecule has 0 aromatic heterocycles. The highest BCUT2D eigenvalue weighted by molar-refractivity contribution is 5.56. The molecule has 12 heavy (non-hydrogen) atoms. The SMILES string of the molecule is C=Cc1cccc2c1CCC2N. The third-order valence-corrected chi connectivity index (χ3v) is 2.57. The zero-order valence-corrected chi connectivity index (χ0v) is 7.09. The van der Waals surface area contributed by atoms with Crippen LogP contribution < -0.4 is 5.73 Å². The van der Waals surface area contributed by atoms with Crippen molar-refractivity contribution in [3.63, 3.8) is 0 Å². The molecule has 62 valence electrons. The van der Waals surface area contributed by atoms with Crippen molar-refractivity contribution in [1.82, 2.24) is 0 Å². The third-order valence-electron chi connectivity index (χ3n) is 2.57. The van der Waals surface area contributed by atoms with Crippen molar-refractivity contribution in [2.24, 2.45) is 5.73 Å². The van der Waals surface area contributed by atoms with E-state index in [1.54, 1.807) is 0 Å². The molecule has 1 unspecified atom stereocenters. The Bertz CT molecular complexity index is 315. The van der Waals surface area contributed by atoms with Crippen LogP contribution in [0, 0.1) is 0 Å². The van der Waals surface area contributed by atoms with Crippen molar-refractivity contribution >= 4 is 6.08 Å². The van der Waals surface area contributed by atoms with Crippen LogP contribution in [0.2, 0.25) is 0 Å². The number of nitrogens with two attached hydrogens (primary N) is 1. The summed E-state index contributed by atoms with van der Waals surface area (Å²) in [6, 6.07) is 6.53. The summed E-state index contributed by atoms with van der Waals surface area (Å²) in [5, 5.41) is 0. The van der Waals surface area contributed by atoms with Crippen LogP contribution in [0.4, 0.5) is 0 Å². The first kappa shape index (κ1) is 7.56. The molecule has 0 bridgehead atoms. The van der Waals surface area contributed by atoms with Gasteiger partial charge in [0.25, 0.3) is 0 Å². The topological polar surface area (TPSA) is 26.0 Å². The molecule has 1 aromatic carbocycles. The van der Waals surface area contributed by atoms with Crippen LogP contribution in [0.3, 0.4) is 0 Å². The average Bonchev–Trinajstić information content (AvgIpc) is 2.48. The molecule has 0 amide bonds. The molecular weight excluding hydrogens is 146 g/mol. The van der Waals surface area contributed by atoms with Gasteiger partial charge >= 0.3 is 0 Å². The second-order valence-electron chi connectivity index (χ2n) is 3.26. The summed E-state index contributed by atoms with van der Waals surface area (Å²) in [7, 11) is 0. The Morgan fingerprint density at radius 1 is 1.50 bits per heavy atom. The monoisotopic (exact) mass is 159 g/mol. The molecule has 0 aliphatic heterocycles. The normalized spacial score (nSPS) is 20.6. The van der Waals surface area contributed by atoms with Crippen molar-refractivity contribution < 1.29 is 0 Å². The summed E-state index contributed by atoms with van der Waals surface area (Å²) in [6.45, 7) is 3.79. The number of rotatable bonds is 1. The lowest BCUT2D eigenvalue weighted by Gasteiger charge is -2.05. The molecule has 0 spiro atoms. The van der Waals surface area contributed by atoms with Crippen LogP contribution in [0.5, 0.6) is 0 Å². The number of benzene rings is 1. The molecule has 0 fully saturated rings. The summed E-state index contributed by atoms with van der Waals surface area (Å²) in [5.41, 5.74) is 9.90. The van der Waals surface area contributed by atoms with E-state index in [1.165, 1.54) is 16.7 Å². The van der Waals surface area contributed by atoms with Gasteiger partial charge in [-0.15, -0.1) is 0 Å². The van der Waals surface area contributed by atoms with E-state index in [2.05, 4.69) is 24.8 Å². The Balaban J connectivity index is 2.57. The average molecular weight is 159 g/mol. The maximum Gasteiger partial charge on any atom is 0.0300 e. The summed E-state index contributed by atoms with van der Waals surface area (Å²) < 4.78 is 0. The van der Waals surface area contributed by atoms with E-state index in [0.717, 1.165) is 12.8 Å². The minimum Gasteiger partial charge on any atom is -0.324 e. The van der Waals surface area contributed by atoms with Gasteiger partial charge in [-0.05, 0) is 29.5 Å². The first-order valence-electron chi connectivity index (χ1n) is 4.32. The van der Waals surface area contributed by atoms with Crippen LogP contribution in [-0.4, -0.2) is 0 Å². The molecule has 1 aliphatic carbocycles. The predicted molar refractivity (Wildman–Crippen MR) is 51.8 cm³/mol. The van der Waals surface area contributed by atoms with E-state index in [9.17, 15) is 0 Å². The van der Waals surface area contributed by atoms with Crippen molar-refractivity contribution in [3.8, 4) is 0 Å². The second-order valence-corrected chi connectivity index (χ2v) is 3.26. The zero-order chi connectivity index (χ0) is 8.55. The minimum atomic E-state index is 0.250. The highest BCUT2D eigenvalue weighted by Crippen LogP contribution is 2.31. The molecule has 1 heteroatoms. The predicted octanol–water partition coefficient (Wildman–Crippen LogP) is 2.28. The van der Waals surface area contributed by atoms with Crippen molar-refractivity contribution in [2.45, 2.75) is 18.9 Å². The van der Waals surface area contributed by atoms with E-state index < -0.39 is 0 Å². The van der Waals surface area contributed by atoms with E-state index >= 15 is 0 Å². The lowest BCUT2D eigenvalue weighted by atomic mass is 10.0. The molecule has 2 rings (SSSR count). The van der Waals surface area contributed by atoms with Gasteiger partial charge in [0.2, 0.25) is 0 Å². The van der Waals surface area contributed by atoms with E-state index in [4.69, 9.17) is 5.73 Å². The van der Waals surface area contributed by atoms with Crippen LogP contribution in [0.15, 0.2) is 24.8 Å². The van der Waals surface area contributed by atoms with Gasteiger partial charge < -0.3 is 5.73 Å². The summed E-state index contributed by atoms with van der Waals surface area (Å²) in [6.07, 6.45) is 4.11. The van der Waals surface area contributed by atoms with Crippen molar-refractivity contribution in [2.75, 3.05) is 0 Å². The summed E-state index contributed by atoms with van der Waals surface area (Å²) in [5.74, 6) is 0. The fourth-order valence-corrected chi connectivity index (χ4v) is 1.91. The van der Waals surface area contributed by atoms with Crippen LogP contribution in [0.25, 0.3) is 6.08 Å². The first-order valence-corrected chi connectivity index (χ1v) is 4.32. The highest BCUT2D eigenvalue weighted by atomic mass is 14.6. The minimum absolute atomic E-state index is 0.250. The summed E-state index contributed by atoms with van der Waals surface area (Å²) in [4.78, 5) is 0. The molecule has 2 N–H and O–H groups in total. The van der Waals surface area contributed by atoms with Crippen molar-refractivity contribution in [1.29, 1.82) is 0 Å². The second kappa shape index (κ2) is 2.76. The molecule has 1 aromatic rings.